The Morgan fingerprint density at radius 2 is 2.28 bits per heavy atom. The summed E-state index contributed by atoms with van der Waals surface area (Å²) < 4.78 is 11.2. The van der Waals surface area contributed by atoms with Crippen molar-refractivity contribution in [2.75, 3.05) is 13.2 Å². The van der Waals surface area contributed by atoms with Crippen LogP contribution in [0.1, 0.15) is 32.4 Å². The van der Waals surface area contributed by atoms with Crippen LogP contribution in [0.25, 0.3) is 0 Å². The summed E-state index contributed by atoms with van der Waals surface area (Å²) in [5.41, 5.74) is 1.06. The van der Waals surface area contributed by atoms with E-state index in [0.29, 0.717) is 12.4 Å². The molecule has 4 nitrogen and oxygen atoms in total. The first-order valence-corrected chi connectivity index (χ1v) is 6.30. The highest BCUT2D eigenvalue weighted by atomic mass is 16.7. The maximum atomic E-state index is 9.44. The average Bonchev–Trinajstić information content (AvgIpc) is 2.66. The van der Waals surface area contributed by atoms with Crippen LogP contribution in [0.4, 0.5) is 0 Å². The maximum Gasteiger partial charge on any atom is 0.163 e. The lowest BCUT2D eigenvalue weighted by Gasteiger charge is -2.19. The third-order valence-corrected chi connectivity index (χ3v) is 3.09. The first kappa shape index (κ1) is 13.3. The predicted octanol–water partition coefficient (Wildman–Crippen LogP) is 2.19. The second kappa shape index (κ2) is 5.26. The van der Waals surface area contributed by atoms with Gasteiger partial charge in [0.1, 0.15) is 5.75 Å². The van der Waals surface area contributed by atoms with Crippen molar-refractivity contribution in [1.82, 2.24) is 5.32 Å². The van der Waals surface area contributed by atoms with Crippen LogP contribution >= 0.6 is 0 Å². The Morgan fingerprint density at radius 3 is 2.89 bits per heavy atom. The average molecular weight is 251 g/mol. The molecule has 0 aliphatic carbocycles. The van der Waals surface area contributed by atoms with Gasteiger partial charge >= 0.3 is 0 Å². The number of hydrogen-bond acceptors (Lipinski definition) is 4. The van der Waals surface area contributed by atoms with E-state index >= 15 is 0 Å². The molecule has 0 aromatic heterocycles. The number of aromatic hydroxyl groups is 1. The number of benzene rings is 1. The molecule has 2 N–H and O–H groups in total. The van der Waals surface area contributed by atoms with E-state index in [-0.39, 0.29) is 12.1 Å². The number of ether oxygens (including phenoxy) is 2. The zero-order valence-electron chi connectivity index (χ0n) is 11.1. The first-order chi connectivity index (χ1) is 8.46. The molecule has 1 aromatic rings. The van der Waals surface area contributed by atoms with Crippen LogP contribution in [-0.2, 0) is 9.47 Å². The quantitative estimate of drug-likeness (QED) is 0.861. The van der Waals surface area contributed by atoms with Crippen molar-refractivity contribution in [2.45, 2.75) is 38.7 Å². The molecule has 2 rings (SSSR count). The van der Waals surface area contributed by atoms with Crippen LogP contribution in [0.3, 0.4) is 0 Å². The maximum absolute atomic E-state index is 9.44. The van der Waals surface area contributed by atoms with Gasteiger partial charge in [-0.05, 0) is 38.5 Å². The highest BCUT2D eigenvalue weighted by Gasteiger charge is 2.32. The number of nitrogens with one attached hydrogen (secondary N) is 1. The minimum Gasteiger partial charge on any atom is -0.508 e. The molecule has 1 aliphatic rings. The van der Waals surface area contributed by atoms with Gasteiger partial charge < -0.3 is 19.9 Å². The van der Waals surface area contributed by atoms with Crippen LogP contribution in [0.15, 0.2) is 24.3 Å². The molecule has 0 saturated carbocycles. The first-order valence-electron chi connectivity index (χ1n) is 6.30. The van der Waals surface area contributed by atoms with E-state index in [1.807, 2.05) is 26.0 Å². The van der Waals surface area contributed by atoms with Gasteiger partial charge in [-0.2, -0.15) is 0 Å². The van der Waals surface area contributed by atoms with Gasteiger partial charge in [-0.15, -0.1) is 0 Å². The molecule has 0 amide bonds. The summed E-state index contributed by atoms with van der Waals surface area (Å²) in [5, 5.41) is 12.8. The topological polar surface area (TPSA) is 50.7 Å². The van der Waals surface area contributed by atoms with E-state index in [2.05, 4.69) is 12.2 Å². The van der Waals surface area contributed by atoms with Gasteiger partial charge in [0, 0.05) is 12.6 Å². The summed E-state index contributed by atoms with van der Waals surface area (Å²) in [6.07, 6.45) is 0.0831. The molecule has 1 aliphatic heterocycles. The molecule has 1 saturated heterocycles. The van der Waals surface area contributed by atoms with Crippen LogP contribution in [0.5, 0.6) is 5.75 Å². The van der Waals surface area contributed by atoms with Crippen molar-refractivity contribution in [1.29, 1.82) is 0 Å². The standard InChI is InChI=1S/C14H21NO3/c1-10(11-5-4-6-12(16)7-11)15-8-13-9-17-14(2,3)18-13/h4-7,10,13,15-16H,8-9H2,1-3H3. The third kappa shape index (κ3) is 3.45. The van der Waals surface area contributed by atoms with Gasteiger partial charge in [0.25, 0.3) is 0 Å². The normalized spacial score (nSPS) is 24.1. The molecule has 2 unspecified atom stereocenters. The molecule has 100 valence electrons. The molecular formula is C14H21NO3. The zero-order chi connectivity index (χ0) is 13.2. The van der Waals surface area contributed by atoms with Crippen molar-refractivity contribution in [2.24, 2.45) is 0 Å². The highest BCUT2D eigenvalue weighted by Crippen LogP contribution is 2.23. The molecule has 18 heavy (non-hydrogen) atoms. The fourth-order valence-corrected chi connectivity index (χ4v) is 2.08. The Hall–Kier alpha value is -1.10. The Labute approximate surface area is 108 Å². The zero-order valence-corrected chi connectivity index (χ0v) is 11.1. The Balaban J connectivity index is 1.84. The van der Waals surface area contributed by atoms with E-state index in [1.165, 1.54) is 0 Å². The minimum absolute atomic E-state index is 0.0831. The summed E-state index contributed by atoms with van der Waals surface area (Å²) in [5.74, 6) is -0.177. The van der Waals surface area contributed by atoms with Crippen LogP contribution in [-0.4, -0.2) is 30.1 Å². The van der Waals surface area contributed by atoms with E-state index in [9.17, 15) is 5.11 Å². The highest BCUT2D eigenvalue weighted by molar-refractivity contribution is 5.28. The van der Waals surface area contributed by atoms with E-state index < -0.39 is 5.79 Å². The Bertz CT molecular complexity index is 406. The molecule has 0 bridgehead atoms. The molecule has 0 spiro atoms. The van der Waals surface area contributed by atoms with Crippen molar-refractivity contribution < 1.29 is 14.6 Å². The van der Waals surface area contributed by atoms with Gasteiger partial charge in [-0.25, -0.2) is 0 Å². The largest absolute Gasteiger partial charge is 0.508 e. The second-order valence-electron chi connectivity index (χ2n) is 5.18. The van der Waals surface area contributed by atoms with Gasteiger partial charge in [0.2, 0.25) is 0 Å². The fourth-order valence-electron chi connectivity index (χ4n) is 2.08. The van der Waals surface area contributed by atoms with Gasteiger partial charge in [0.15, 0.2) is 5.79 Å². The van der Waals surface area contributed by atoms with Crippen molar-refractivity contribution >= 4 is 0 Å². The van der Waals surface area contributed by atoms with Crippen LogP contribution in [0, 0.1) is 0 Å². The van der Waals surface area contributed by atoms with Gasteiger partial charge in [-0.1, -0.05) is 12.1 Å². The summed E-state index contributed by atoms with van der Waals surface area (Å²) in [6, 6.07) is 7.46. The van der Waals surface area contributed by atoms with Crippen LogP contribution in [0.2, 0.25) is 0 Å². The van der Waals surface area contributed by atoms with E-state index in [4.69, 9.17) is 9.47 Å². The van der Waals surface area contributed by atoms with E-state index in [1.54, 1.807) is 12.1 Å². The molecule has 4 heteroatoms. The van der Waals surface area contributed by atoms with Crippen LogP contribution < -0.4 is 5.32 Å². The number of hydrogen-bond donors (Lipinski definition) is 2. The number of phenols is 1. The lowest BCUT2D eigenvalue weighted by molar-refractivity contribution is -0.137. The molecule has 0 radical (unpaired) electrons. The molecule has 2 atom stereocenters. The lowest BCUT2D eigenvalue weighted by Crippen LogP contribution is -2.32. The Morgan fingerprint density at radius 1 is 1.50 bits per heavy atom. The van der Waals surface area contributed by atoms with Crippen molar-refractivity contribution in [3.8, 4) is 5.75 Å². The summed E-state index contributed by atoms with van der Waals surface area (Å²) in [6.45, 7) is 7.26. The molecule has 1 heterocycles. The third-order valence-electron chi connectivity index (χ3n) is 3.09. The second-order valence-corrected chi connectivity index (χ2v) is 5.18. The number of phenolic OH excluding ortho intramolecular Hbond substituents is 1. The van der Waals surface area contributed by atoms with E-state index in [0.717, 1.165) is 12.1 Å². The summed E-state index contributed by atoms with van der Waals surface area (Å²) in [4.78, 5) is 0. The molecule has 1 fully saturated rings. The van der Waals surface area contributed by atoms with Gasteiger partial charge in [0.05, 0.1) is 12.7 Å². The number of rotatable bonds is 4. The van der Waals surface area contributed by atoms with Crippen molar-refractivity contribution in [3.05, 3.63) is 29.8 Å². The smallest absolute Gasteiger partial charge is 0.163 e. The summed E-state index contributed by atoms with van der Waals surface area (Å²) >= 11 is 0. The predicted molar refractivity (Wildman–Crippen MR) is 69.4 cm³/mol. The monoisotopic (exact) mass is 251 g/mol. The Kier molecular flexibility index (Phi) is 3.90. The summed E-state index contributed by atoms with van der Waals surface area (Å²) in [7, 11) is 0. The minimum atomic E-state index is -0.472. The van der Waals surface area contributed by atoms with Crippen molar-refractivity contribution in [3.63, 3.8) is 0 Å². The lowest BCUT2D eigenvalue weighted by atomic mass is 10.1. The molecule has 1 aromatic carbocycles. The molecular weight excluding hydrogens is 230 g/mol. The SMILES string of the molecule is CC(NCC1COC(C)(C)O1)c1cccc(O)c1. The fraction of sp³-hybridized carbons (Fsp3) is 0.571. The van der Waals surface area contributed by atoms with Gasteiger partial charge in [-0.3, -0.25) is 0 Å².